The number of pyridine rings is 1. The minimum Gasteiger partial charge on any atom is -0.353 e. The average Bonchev–Trinajstić information content (AvgIpc) is 3.00. The molecule has 3 fully saturated rings. The van der Waals surface area contributed by atoms with Crippen LogP contribution in [0, 0.1) is 17.8 Å². The SMILES string of the molecule is Cn1cc(C(=O)N2[C@@H]3CC[C@H]2CC(NC(=O)C[C@@H]2C[C@@H]4C=C[C@H]2CC4)C3)ccc1=O. The van der Waals surface area contributed by atoms with Crippen molar-refractivity contribution in [3.05, 3.63) is 46.4 Å². The first-order chi connectivity index (χ1) is 14.5. The van der Waals surface area contributed by atoms with Crippen molar-refractivity contribution < 1.29 is 9.59 Å². The van der Waals surface area contributed by atoms with Crippen molar-refractivity contribution >= 4 is 11.8 Å². The molecule has 30 heavy (non-hydrogen) atoms. The van der Waals surface area contributed by atoms with Crippen LogP contribution in [0.2, 0.25) is 0 Å². The number of allylic oxidation sites excluding steroid dienone is 2. The number of nitrogens with zero attached hydrogens (tertiary/aromatic N) is 2. The Hall–Kier alpha value is -2.37. The number of fused-ring (bicyclic) bond motifs is 4. The first-order valence-corrected chi connectivity index (χ1v) is 11.4. The predicted octanol–water partition coefficient (Wildman–Crippen LogP) is 2.63. The zero-order valence-electron chi connectivity index (χ0n) is 17.6. The summed E-state index contributed by atoms with van der Waals surface area (Å²) in [5, 5.41) is 3.30. The largest absolute Gasteiger partial charge is 0.353 e. The molecule has 6 atom stereocenters. The summed E-state index contributed by atoms with van der Waals surface area (Å²) >= 11 is 0. The van der Waals surface area contributed by atoms with Gasteiger partial charge in [-0.15, -0.1) is 0 Å². The second-order valence-electron chi connectivity index (χ2n) is 9.79. The van der Waals surface area contributed by atoms with E-state index >= 15 is 0 Å². The van der Waals surface area contributed by atoms with E-state index in [0.717, 1.165) is 32.1 Å². The van der Waals surface area contributed by atoms with Crippen LogP contribution in [0.25, 0.3) is 0 Å². The molecule has 6 nitrogen and oxygen atoms in total. The molecule has 3 aliphatic carbocycles. The molecule has 2 aliphatic heterocycles. The molecular weight excluding hydrogens is 378 g/mol. The third kappa shape index (κ3) is 3.61. The maximum absolute atomic E-state index is 13.1. The van der Waals surface area contributed by atoms with Crippen LogP contribution in [0.5, 0.6) is 0 Å². The Labute approximate surface area is 177 Å². The molecule has 4 bridgehead atoms. The lowest BCUT2D eigenvalue weighted by Crippen LogP contribution is -2.52. The van der Waals surface area contributed by atoms with Gasteiger partial charge in [0.15, 0.2) is 0 Å². The number of hydrogen-bond acceptors (Lipinski definition) is 3. The molecule has 0 aromatic carbocycles. The predicted molar refractivity (Wildman–Crippen MR) is 114 cm³/mol. The molecule has 0 spiro atoms. The average molecular weight is 410 g/mol. The van der Waals surface area contributed by atoms with Crippen LogP contribution in [-0.4, -0.2) is 39.4 Å². The minimum atomic E-state index is -0.113. The second-order valence-corrected chi connectivity index (χ2v) is 9.79. The van der Waals surface area contributed by atoms with Gasteiger partial charge in [-0.25, -0.2) is 0 Å². The standard InChI is InChI=1S/C24H31N3O3/c1-26-14-17(6-9-23(26)29)24(30)27-20-7-8-21(27)13-19(12-20)25-22(28)11-18-10-15-2-4-16(18)5-3-15/h2,4,6,9,14-16,18-21H,3,5,7-8,10-13H2,1H3,(H,25,28)/t15-,16+,18+,19?,20-,21+/m1/s1. The summed E-state index contributed by atoms with van der Waals surface area (Å²) in [4.78, 5) is 39.5. The number of piperidine rings is 1. The number of carbonyl (C=O) groups is 2. The Morgan fingerprint density at radius 2 is 1.80 bits per heavy atom. The van der Waals surface area contributed by atoms with Gasteiger partial charge in [0.2, 0.25) is 11.5 Å². The molecule has 1 N–H and O–H groups in total. The Morgan fingerprint density at radius 1 is 1.03 bits per heavy atom. The van der Waals surface area contributed by atoms with E-state index in [9.17, 15) is 14.4 Å². The maximum Gasteiger partial charge on any atom is 0.255 e. The van der Waals surface area contributed by atoms with Gasteiger partial charge in [0.1, 0.15) is 0 Å². The smallest absolute Gasteiger partial charge is 0.255 e. The van der Waals surface area contributed by atoms with Gasteiger partial charge in [0.25, 0.3) is 5.91 Å². The highest BCUT2D eigenvalue weighted by Crippen LogP contribution is 2.42. The molecule has 2 saturated heterocycles. The third-order valence-corrected chi connectivity index (χ3v) is 7.83. The number of amides is 2. The number of aryl methyl sites for hydroxylation is 1. The van der Waals surface area contributed by atoms with Crippen molar-refractivity contribution in [3.8, 4) is 0 Å². The molecular formula is C24H31N3O3. The van der Waals surface area contributed by atoms with Crippen LogP contribution >= 0.6 is 0 Å². The van der Waals surface area contributed by atoms with Gasteiger partial charge in [-0.3, -0.25) is 14.4 Å². The molecule has 160 valence electrons. The van der Waals surface area contributed by atoms with E-state index in [4.69, 9.17) is 0 Å². The maximum atomic E-state index is 13.1. The quantitative estimate of drug-likeness (QED) is 0.777. The highest BCUT2D eigenvalue weighted by atomic mass is 16.2. The lowest BCUT2D eigenvalue weighted by molar-refractivity contribution is -0.123. The topological polar surface area (TPSA) is 71.4 Å². The summed E-state index contributed by atoms with van der Waals surface area (Å²) in [7, 11) is 1.67. The van der Waals surface area contributed by atoms with Crippen LogP contribution in [0.4, 0.5) is 0 Å². The van der Waals surface area contributed by atoms with E-state index in [-0.39, 0.29) is 35.5 Å². The van der Waals surface area contributed by atoms with E-state index in [2.05, 4.69) is 17.5 Å². The van der Waals surface area contributed by atoms with Crippen LogP contribution < -0.4 is 10.9 Å². The van der Waals surface area contributed by atoms with E-state index in [1.165, 1.54) is 23.5 Å². The number of aromatic nitrogens is 1. The van der Waals surface area contributed by atoms with E-state index in [1.54, 1.807) is 19.3 Å². The number of rotatable bonds is 4. The van der Waals surface area contributed by atoms with Crippen LogP contribution in [-0.2, 0) is 11.8 Å². The van der Waals surface area contributed by atoms with Crippen molar-refractivity contribution in [2.75, 3.05) is 0 Å². The van der Waals surface area contributed by atoms with Crippen LogP contribution in [0.3, 0.4) is 0 Å². The summed E-state index contributed by atoms with van der Waals surface area (Å²) in [6.07, 6.45) is 14.3. The molecule has 1 aromatic heterocycles. The summed E-state index contributed by atoms with van der Waals surface area (Å²) < 4.78 is 1.45. The molecule has 1 aromatic rings. The van der Waals surface area contributed by atoms with Gasteiger partial charge in [-0.1, -0.05) is 12.2 Å². The third-order valence-electron chi connectivity index (χ3n) is 7.83. The molecule has 3 heterocycles. The Morgan fingerprint density at radius 3 is 2.40 bits per heavy atom. The first kappa shape index (κ1) is 19.6. The highest BCUT2D eigenvalue weighted by Gasteiger charge is 2.44. The molecule has 5 aliphatic rings. The van der Waals surface area contributed by atoms with Crippen molar-refractivity contribution in [1.82, 2.24) is 14.8 Å². The molecule has 0 radical (unpaired) electrons. The fourth-order valence-electron chi connectivity index (χ4n) is 6.31. The second kappa shape index (κ2) is 7.71. The van der Waals surface area contributed by atoms with E-state index in [1.807, 2.05) is 4.90 Å². The molecule has 2 amide bonds. The number of carbonyl (C=O) groups excluding carboxylic acids is 2. The summed E-state index contributed by atoms with van der Waals surface area (Å²) in [6.45, 7) is 0. The molecule has 6 rings (SSSR count). The fraction of sp³-hybridized carbons (Fsp3) is 0.625. The van der Waals surface area contributed by atoms with Gasteiger partial charge < -0.3 is 14.8 Å². The summed E-state index contributed by atoms with van der Waals surface area (Å²) in [5.74, 6) is 1.95. The van der Waals surface area contributed by atoms with Crippen LogP contribution in [0.1, 0.15) is 61.7 Å². The van der Waals surface area contributed by atoms with Crippen molar-refractivity contribution in [2.45, 2.75) is 69.5 Å². The fourth-order valence-corrected chi connectivity index (χ4v) is 6.31. The normalized spacial score (nSPS) is 34.2. The lowest BCUT2D eigenvalue weighted by Gasteiger charge is -2.40. The zero-order chi connectivity index (χ0) is 20.8. The van der Waals surface area contributed by atoms with Crippen molar-refractivity contribution in [1.29, 1.82) is 0 Å². The molecule has 1 unspecified atom stereocenters. The van der Waals surface area contributed by atoms with Gasteiger partial charge in [0, 0.05) is 43.9 Å². The zero-order valence-corrected chi connectivity index (χ0v) is 17.6. The Kier molecular flexibility index (Phi) is 5.03. The van der Waals surface area contributed by atoms with Gasteiger partial charge in [-0.05, 0) is 68.8 Å². The van der Waals surface area contributed by atoms with Crippen molar-refractivity contribution in [3.63, 3.8) is 0 Å². The molecule has 1 saturated carbocycles. The summed E-state index contributed by atoms with van der Waals surface area (Å²) in [5.41, 5.74) is 0.453. The van der Waals surface area contributed by atoms with Crippen molar-refractivity contribution in [2.24, 2.45) is 24.8 Å². The minimum absolute atomic E-state index is 0.00731. The monoisotopic (exact) mass is 409 g/mol. The molecule has 6 heteroatoms. The van der Waals surface area contributed by atoms with Gasteiger partial charge in [0.05, 0.1) is 5.56 Å². The van der Waals surface area contributed by atoms with E-state index in [0.29, 0.717) is 29.7 Å². The van der Waals surface area contributed by atoms with Crippen LogP contribution in [0.15, 0.2) is 35.3 Å². The Balaban J connectivity index is 1.19. The number of nitrogens with one attached hydrogen (secondary N) is 1. The van der Waals surface area contributed by atoms with E-state index < -0.39 is 0 Å². The first-order valence-electron chi connectivity index (χ1n) is 11.4. The highest BCUT2D eigenvalue weighted by molar-refractivity contribution is 5.94. The Bertz CT molecular complexity index is 922. The summed E-state index contributed by atoms with van der Waals surface area (Å²) in [6, 6.07) is 3.59. The van der Waals surface area contributed by atoms with Gasteiger partial charge >= 0.3 is 0 Å². The lowest BCUT2D eigenvalue weighted by atomic mass is 9.68. The number of hydrogen-bond donors (Lipinski definition) is 1. The van der Waals surface area contributed by atoms with Gasteiger partial charge in [-0.2, -0.15) is 0 Å².